The van der Waals surface area contributed by atoms with Gasteiger partial charge in [0.1, 0.15) is 36.0 Å². The van der Waals surface area contributed by atoms with Gasteiger partial charge in [-0.25, -0.2) is 28.2 Å². The number of carbonyl (C=O) groups excluding carboxylic acids is 4. The van der Waals surface area contributed by atoms with E-state index in [1.807, 2.05) is 30.3 Å². The van der Waals surface area contributed by atoms with E-state index < -0.39 is 65.4 Å². The van der Waals surface area contributed by atoms with Crippen LogP contribution in [-0.4, -0.2) is 90.6 Å². The SMILES string of the molecule is CC(C)[C@H](NC(=O)OCc1ccccc1)C(=O)N[C@@H](Cc1ccc(F)cc1)[C@H](CN(Cc1ccc(F)cc1)NC(=O)OC(C)(C)C)OC(=O)c1ccc(CN2CCOCC2)cc1. The van der Waals surface area contributed by atoms with Crippen LogP contribution in [-0.2, 0) is 49.9 Å². The van der Waals surface area contributed by atoms with E-state index >= 15 is 0 Å². The van der Waals surface area contributed by atoms with E-state index in [9.17, 15) is 28.0 Å². The van der Waals surface area contributed by atoms with Crippen LogP contribution < -0.4 is 16.1 Å². The third-order valence-corrected chi connectivity index (χ3v) is 9.87. The Balaban J connectivity index is 1.47. The molecule has 0 spiro atoms. The zero-order valence-electron chi connectivity index (χ0n) is 35.9. The topological polar surface area (TPSA) is 148 Å². The van der Waals surface area contributed by atoms with E-state index in [-0.39, 0.29) is 31.7 Å². The van der Waals surface area contributed by atoms with Gasteiger partial charge in [0, 0.05) is 26.2 Å². The quantitative estimate of drug-likeness (QED) is 0.0546. The number of benzene rings is 4. The van der Waals surface area contributed by atoms with Crippen molar-refractivity contribution in [2.45, 2.75) is 84.5 Å². The van der Waals surface area contributed by atoms with E-state index in [1.54, 1.807) is 83.1 Å². The molecule has 332 valence electrons. The molecule has 15 heteroatoms. The van der Waals surface area contributed by atoms with Crippen LogP contribution in [0.25, 0.3) is 0 Å². The fourth-order valence-corrected chi connectivity index (χ4v) is 6.67. The van der Waals surface area contributed by atoms with Gasteiger partial charge < -0.3 is 29.6 Å². The Bertz CT molecular complexity index is 2040. The van der Waals surface area contributed by atoms with Crippen molar-refractivity contribution in [1.29, 1.82) is 0 Å². The first-order valence-corrected chi connectivity index (χ1v) is 20.7. The van der Waals surface area contributed by atoms with Crippen LogP contribution in [0.1, 0.15) is 67.2 Å². The number of alkyl carbamates (subject to hydrolysis) is 1. The number of hydrogen-bond acceptors (Lipinski definition) is 10. The highest BCUT2D eigenvalue weighted by Gasteiger charge is 2.34. The summed E-state index contributed by atoms with van der Waals surface area (Å²) in [6, 6.07) is 25.3. The lowest BCUT2D eigenvalue weighted by Crippen LogP contribution is -2.58. The maximum absolute atomic E-state index is 14.3. The molecular weight excluding hydrogens is 801 g/mol. The van der Waals surface area contributed by atoms with Crippen molar-refractivity contribution in [1.82, 2.24) is 26.0 Å². The smallest absolute Gasteiger partial charge is 0.422 e. The van der Waals surface area contributed by atoms with Gasteiger partial charge in [0.2, 0.25) is 5.91 Å². The molecule has 1 aliphatic heterocycles. The van der Waals surface area contributed by atoms with Crippen molar-refractivity contribution < 1.29 is 46.9 Å². The molecule has 1 heterocycles. The van der Waals surface area contributed by atoms with Crippen molar-refractivity contribution >= 4 is 24.1 Å². The highest BCUT2D eigenvalue weighted by molar-refractivity contribution is 5.90. The summed E-state index contributed by atoms with van der Waals surface area (Å²) in [6.45, 7) is 11.9. The molecule has 0 unspecified atom stereocenters. The molecule has 1 saturated heterocycles. The van der Waals surface area contributed by atoms with Crippen molar-refractivity contribution in [2.75, 3.05) is 32.8 Å². The first kappa shape index (κ1) is 47.2. The normalized spacial score (nSPS) is 14.7. The second-order valence-electron chi connectivity index (χ2n) is 16.5. The summed E-state index contributed by atoms with van der Waals surface area (Å²) in [5.41, 5.74) is 5.04. The van der Waals surface area contributed by atoms with Crippen LogP contribution in [0, 0.1) is 17.6 Å². The molecule has 62 heavy (non-hydrogen) atoms. The van der Waals surface area contributed by atoms with Gasteiger partial charge in [-0.3, -0.25) is 15.1 Å². The Morgan fingerprint density at radius 2 is 1.35 bits per heavy atom. The zero-order chi connectivity index (χ0) is 44.6. The molecule has 0 bridgehead atoms. The van der Waals surface area contributed by atoms with E-state index in [1.165, 1.54) is 29.3 Å². The number of nitrogens with one attached hydrogen (secondary N) is 3. The molecule has 3 atom stereocenters. The summed E-state index contributed by atoms with van der Waals surface area (Å²) >= 11 is 0. The van der Waals surface area contributed by atoms with E-state index in [0.29, 0.717) is 30.9 Å². The summed E-state index contributed by atoms with van der Waals surface area (Å²) in [7, 11) is 0. The predicted molar refractivity (Wildman–Crippen MR) is 228 cm³/mol. The Morgan fingerprint density at radius 1 is 0.758 bits per heavy atom. The Hall–Kier alpha value is -5.90. The van der Waals surface area contributed by atoms with Gasteiger partial charge in [0.25, 0.3) is 0 Å². The lowest BCUT2D eigenvalue weighted by Gasteiger charge is -2.34. The number of hydrogen-bond donors (Lipinski definition) is 3. The molecule has 1 fully saturated rings. The Morgan fingerprint density at radius 3 is 1.95 bits per heavy atom. The van der Waals surface area contributed by atoms with Crippen LogP contribution in [0.3, 0.4) is 0 Å². The number of rotatable bonds is 18. The van der Waals surface area contributed by atoms with Crippen LogP contribution in [0.5, 0.6) is 0 Å². The molecule has 0 saturated carbocycles. The summed E-state index contributed by atoms with van der Waals surface area (Å²) in [5, 5.41) is 7.13. The van der Waals surface area contributed by atoms with E-state index in [4.69, 9.17) is 18.9 Å². The fourth-order valence-electron chi connectivity index (χ4n) is 6.67. The molecule has 1 aliphatic rings. The Kier molecular flexibility index (Phi) is 17.3. The highest BCUT2D eigenvalue weighted by Crippen LogP contribution is 2.19. The first-order valence-electron chi connectivity index (χ1n) is 20.7. The van der Waals surface area contributed by atoms with Gasteiger partial charge >= 0.3 is 18.2 Å². The first-order chi connectivity index (χ1) is 29.6. The average Bonchev–Trinajstić information content (AvgIpc) is 3.23. The van der Waals surface area contributed by atoms with E-state index in [2.05, 4.69) is 21.0 Å². The van der Waals surface area contributed by atoms with Gasteiger partial charge in [0.15, 0.2) is 0 Å². The number of morpholine rings is 1. The van der Waals surface area contributed by atoms with Crippen molar-refractivity contribution in [3.63, 3.8) is 0 Å². The number of esters is 1. The van der Waals surface area contributed by atoms with Crippen LogP contribution >= 0.6 is 0 Å². The van der Waals surface area contributed by atoms with Gasteiger partial charge in [-0.15, -0.1) is 0 Å². The monoisotopic (exact) mass is 857 g/mol. The van der Waals surface area contributed by atoms with Crippen LogP contribution in [0.2, 0.25) is 0 Å². The summed E-state index contributed by atoms with van der Waals surface area (Å²) in [4.78, 5) is 57.1. The molecule has 0 aliphatic carbocycles. The second-order valence-corrected chi connectivity index (χ2v) is 16.5. The van der Waals surface area contributed by atoms with Gasteiger partial charge in [-0.05, 0) is 91.8 Å². The summed E-state index contributed by atoms with van der Waals surface area (Å²) < 4.78 is 50.9. The summed E-state index contributed by atoms with van der Waals surface area (Å²) in [5.74, 6) is -2.68. The Labute approximate surface area is 362 Å². The van der Waals surface area contributed by atoms with Crippen molar-refractivity contribution in [3.05, 3.63) is 143 Å². The maximum Gasteiger partial charge on any atom is 0.422 e. The lowest BCUT2D eigenvalue weighted by molar-refractivity contribution is -0.126. The lowest BCUT2D eigenvalue weighted by atomic mass is 9.98. The number of amides is 3. The van der Waals surface area contributed by atoms with Crippen molar-refractivity contribution in [2.24, 2.45) is 5.92 Å². The molecule has 0 aromatic heterocycles. The second kappa shape index (κ2) is 22.8. The molecule has 3 amide bonds. The zero-order valence-corrected chi connectivity index (χ0v) is 35.9. The number of nitrogens with zero attached hydrogens (tertiary/aromatic N) is 2. The number of carbonyl (C=O) groups is 4. The standard InChI is InChI=1S/C47H57F2N5O8/c1-32(2)42(51-45(57)60-31-36-9-7-6-8-10-36)43(55)50-40(27-33-13-19-38(48)20-14-33)41(61-44(56)37-17-11-34(12-18-37)28-53-23-25-59-26-24-53)30-54(52-46(58)62-47(3,4)5)29-35-15-21-39(49)22-16-35/h6-22,32,40-42H,23-31H2,1-5H3,(H,50,55)(H,51,57)(H,52,58)/t40-,41-,42-/m0/s1. The minimum absolute atomic E-state index is 0.00442. The summed E-state index contributed by atoms with van der Waals surface area (Å²) in [6.07, 6.45) is -2.80. The number of halogens is 2. The van der Waals surface area contributed by atoms with Crippen LogP contribution in [0.15, 0.2) is 103 Å². The minimum Gasteiger partial charge on any atom is -0.455 e. The van der Waals surface area contributed by atoms with Gasteiger partial charge in [0.05, 0.1) is 31.4 Å². The fraction of sp³-hybridized carbons (Fsp3) is 0.404. The average molecular weight is 858 g/mol. The highest BCUT2D eigenvalue weighted by atomic mass is 19.1. The minimum atomic E-state index is -1.21. The maximum atomic E-state index is 14.3. The molecular formula is C47H57F2N5O8. The molecule has 4 aromatic carbocycles. The van der Waals surface area contributed by atoms with Crippen molar-refractivity contribution in [3.8, 4) is 0 Å². The molecule has 4 aromatic rings. The predicted octanol–water partition coefficient (Wildman–Crippen LogP) is 6.94. The molecule has 3 N–H and O–H groups in total. The number of hydrazine groups is 1. The van der Waals surface area contributed by atoms with Gasteiger partial charge in [-0.2, -0.15) is 0 Å². The van der Waals surface area contributed by atoms with Crippen LogP contribution in [0.4, 0.5) is 18.4 Å². The molecule has 0 radical (unpaired) electrons. The largest absolute Gasteiger partial charge is 0.455 e. The third kappa shape index (κ3) is 15.9. The molecule has 13 nitrogen and oxygen atoms in total. The third-order valence-electron chi connectivity index (χ3n) is 9.87. The number of ether oxygens (including phenoxy) is 4. The molecule has 5 rings (SSSR count). The van der Waals surface area contributed by atoms with Gasteiger partial charge in [-0.1, -0.05) is 80.6 Å². The van der Waals surface area contributed by atoms with E-state index in [0.717, 1.165) is 24.2 Å².